The van der Waals surface area contributed by atoms with Gasteiger partial charge in [0.15, 0.2) is 0 Å². The van der Waals surface area contributed by atoms with Crippen LogP contribution in [0.4, 0.5) is 5.13 Å². The van der Waals surface area contributed by atoms with E-state index in [0.717, 1.165) is 11.5 Å². The normalized spacial score (nSPS) is 11.6. The molecule has 0 unspecified atom stereocenters. The van der Waals surface area contributed by atoms with E-state index in [1.807, 2.05) is 0 Å². The number of rotatable bonds is 3. The highest BCUT2D eigenvalue weighted by Crippen LogP contribution is 2.21. The lowest BCUT2D eigenvalue weighted by Crippen LogP contribution is -2.13. The number of imidazole rings is 1. The van der Waals surface area contributed by atoms with E-state index >= 15 is 0 Å². The summed E-state index contributed by atoms with van der Waals surface area (Å²) in [5, 5.41) is 6.53. The Kier molecular flexibility index (Phi) is 2.78. The largest absolute Gasteiger partial charge is 0.324 e. The summed E-state index contributed by atoms with van der Waals surface area (Å²) in [6.45, 7) is 0. The lowest BCUT2D eigenvalue weighted by molar-refractivity contribution is 0.598. The molecule has 0 aromatic carbocycles. The first-order chi connectivity index (χ1) is 7.50. The Bertz CT molecular complexity index is 590. The monoisotopic (exact) mass is 280 g/mol. The minimum atomic E-state index is -3.84. The van der Waals surface area contributed by atoms with Crippen molar-refractivity contribution in [3.05, 3.63) is 11.5 Å². The van der Waals surface area contributed by atoms with Gasteiger partial charge in [-0.15, -0.1) is 0 Å². The molecule has 0 saturated heterocycles. The van der Waals surface area contributed by atoms with Gasteiger partial charge in [0.2, 0.25) is 10.2 Å². The lowest BCUT2D eigenvalue weighted by Gasteiger charge is -2.01. The Morgan fingerprint density at radius 1 is 1.56 bits per heavy atom. The summed E-state index contributed by atoms with van der Waals surface area (Å²) in [5.41, 5.74) is 0. The SMILES string of the molecule is Cn1cnc(S(=O)(=O)Nc2nnns2)c1Cl. The zero-order valence-corrected chi connectivity index (χ0v) is 10.2. The van der Waals surface area contributed by atoms with Crippen molar-refractivity contribution >= 4 is 38.3 Å². The standard InChI is InChI=1S/C5H5ClN6O2S2/c1-12-2-7-4(3(12)6)16(13,14)9-5-8-10-11-15-5/h2H,1H3,(H,8,9,11). The van der Waals surface area contributed by atoms with E-state index in [0.29, 0.717) is 0 Å². The van der Waals surface area contributed by atoms with Crippen molar-refractivity contribution < 1.29 is 8.42 Å². The minimum Gasteiger partial charge on any atom is -0.324 e. The summed E-state index contributed by atoms with van der Waals surface area (Å²) >= 11 is 6.58. The van der Waals surface area contributed by atoms with Crippen molar-refractivity contribution in [2.45, 2.75) is 5.03 Å². The zero-order valence-electron chi connectivity index (χ0n) is 7.82. The average molecular weight is 281 g/mol. The van der Waals surface area contributed by atoms with E-state index < -0.39 is 10.0 Å². The van der Waals surface area contributed by atoms with Crippen molar-refractivity contribution in [1.82, 2.24) is 24.4 Å². The van der Waals surface area contributed by atoms with E-state index in [1.54, 1.807) is 7.05 Å². The molecule has 0 aliphatic carbocycles. The fourth-order valence-corrected chi connectivity index (χ4v) is 2.93. The summed E-state index contributed by atoms with van der Waals surface area (Å²) < 4.78 is 30.5. The van der Waals surface area contributed by atoms with Gasteiger partial charge in [-0.2, -0.15) is 8.42 Å². The van der Waals surface area contributed by atoms with Crippen LogP contribution in [0.5, 0.6) is 0 Å². The highest BCUT2D eigenvalue weighted by Gasteiger charge is 2.23. The number of halogens is 1. The second-order valence-electron chi connectivity index (χ2n) is 2.72. The second kappa shape index (κ2) is 3.96. The molecule has 11 heteroatoms. The Morgan fingerprint density at radius 3 is 2.81 bits per heavy atom. The summed E-state index contributed by atoms with van der Waals surface area (Å²) in [6, 6.07) is 0. The molecule has 0 fully saturated rings. The maximum absolute atomic E-state index is 11.8. The minimum absolute atomic E-state index is 0.0185. The third-order valence-corrected chi connectivity index (χ3v) is 4.08. The van der Waals surface area contributed by atoms with E-state index in [2.05, 4.69) is 24.5 Å². The van der Waals surface area contributed by atoms with Crippen LogP contribution >= 0.6 is 23.1 Å². The number of aryl methyl sites for hydroxylation is 1. The number of sulfonamides is 1. The summed E-state index contributed by atoms with van der Waals surface area (Å²) in [7, 11) is -2.25. The topological polar surface area (TPSA) is 103 Å². The number of hydrogen-bond donors (Lipinski definition) is 1. The molecule has 1 N–H and O–H groups in total. The van der Waals surface area contributed by atoms with Gasteiger partial charge in [0, 0.05) is 18.6 Å². The van der Waals surface area contributed by atoms with E-state index in [4.69, 9.17) is 11.6 Å². The first kappa shape index (κ1) is 11.2. The third-order valence-electron chi connectivity index (χ3n) is 1.61. The van der Waals surface area contributed by atoms with Crippen LogP contribution in [0.2, 0.25) is 5.15 Å². The molecule has 16 heavy (non-hydrogen) atoms. The van der Waals surface area contributed by atoms with Gasteiger partial charge in [-0.25, -0.2) is 4.98 Å². The molecule has 2 aromatic rings. The van der Waals surface area contributed by atoms with E-state index in [1.165, 1.54) is 10.9 Å². The van der Waals surface area contributed by atoms with E-state index in [-0.39, 0.29) is 15.3 Å². The third kappa shape index (κ3) is 1.99. The maximum atomic E-state index is 11.8. The maximum Gasteiger partial charge on any atom is 0.284 e. The van der Waals surface area contributed by atoms with Crippen LogP contribution in [0, 0.1) is 0 Å². The first-order valence-corrected chi connectivity index (χ1v) is 6.49. The van der Waals surface area contributed by atoms with Gasteiger partial charge in [-0.05, 0) is 5.21 Å². The fourth-order valence-electron chi connectivity index (χ4n) is 0.911. The Hall–Kier alpha value is -1.26. The molecule has 0 radical (unpaired) electrons. The molecule has 0 aliphatic rings. The molecule has 0 amide bonds. The van der Waals surface area contributed by atoms with Crippen molar-refractivity contribution in [2.24, 2.45) is 7.05 Å². The molecule has 0 bridgehead atoms. The van der Waals surface area contributed by atoms with Crippen LogP contribution in [0.3, 0.4) is 0 Å². The number of nitrogens with one attached hydrogen (secondary N) is 1. The molecule has 2 heterocycles. The van der Waals surface area contributed by atoms with Crippen LogP contribution in [-0.2, 0) is 17.1 Å². The molecule has 8 nitrogen and oxygen atoms in total. The van der Waals surface area contributed by atoms with Gasteiger partial charge in [0.1, 0.15) is 5.15 Å². The Labute approximate surface area is 99.5 Å². The lowest BCUT2D eigenvalue weighted by atomic mass is 10.9. The van der Waals surface area contributed by atoms with Crippen molar-refractivity contribution in [1.29, 1.82) is 0 Å². The quantitative estimate of drug-likeness (QED) is 0.857. The molecular weight excluding hydrogens is 276 g/mol. The number of nitrogens with zero attached hydrogens (tertiary/aromatic N) is 5. The predicted molar refractivity (Wildman–Crippen MR) is 56.7 cm³/mol. The summed E-state index contributed by atoms with van der Waals surface area (Å²) in [5.74, 6) is 0. The second-order valence-corrected chi connectivity index (χ2v) is 5.41. The molecule has 0 saturated carbocycles. The van der Waals surface area contributed by atoms with Gasteiger partial charge in [0.05, 0.1) is 6.33 Å². The van der Waals surface area contributed by atoms with Crippen LogP contribution < -0.4 is 4.72 Å². The van der Waals surface area contributed by atoms with Gasteiger partial charge < -0.3 is 4.57 Å². The Morgan fingerprint density at radius 2 is 2.31 bits per heavy atom. The number of hydrogen-bond acceptors (Lipinski definition) is 7. The van der Waals surface area contributed by atoms with Gasteiger partial charge in [-0.1, -0.05) is 21.2 Å². The van der Waals surface area contributed by atoms with Crippen molar-refractivity contribution in [3.8, 4) is 0 Å². The highest BCUT2D eigenvalue weighted by molar-refractivity contribution is 7.92. The van der Waals surface area contributed by atoms with Crippen LogP contribution in [-0.4, -0.2) is 32.8 Å². The molecule has 0 atom stereocenters. The summed E-state index contributed by atoms with van der Waals surface area (Å²) in [6.07, 6.45) is 1.30. The van der Waals surface area contributed by atoms with Crippen LogP contribution in [0.25, 0.3) is 0 Å². The molecular formula is C5H5ClN6O2S2. The van der Waals surface area contributed by atoms with E-state index in [9.17, 15) is 8.42 Å². The predicted octanol–water partition coefficient (Wildman–Crippen LogP) is 0.121. The van der Waals surface area contributed by atoms with Crippen molar-refractivity contribution in [3.63, 3.8) is 0 Å². The molecule has 0 spiro atoms. The molecule has 2 aromatic heterocycles. The van der Waals surface area contributed by atoms with Crippen molar-refractivity contribution in [2.75, 3.05) is 4.72 Å². The summed E-state index contributed by atoms with van der Waals surface area (Å²) in [4.78, 5) is 3.68. The van der Waals surface area contributed by atoms with Gasteiger partial charge in [-0.3, -0.25) is 4.72 Å². The number of anilines is 1. The molecule has 86 valence electrons. The van der Waals surface area contributed by atoms with Crippen LogP contribution in [0.1, 0.15) is 0 Å². The van der Waals surface area contributed by atoms with Gasteiger partial charge in [0.25, 0.3) is 10.0 Å². The highest BCUT2D eigenvalue weighted by atomic mass is 35.5. The molecule has 0 aliphatic heterocycles. The average Bonchev–Trinajstić information content (AvgIpc) is 2.78. The first-order valence-electron chi connectivity index (χ1n) is 3.85. The zero-order chi connectivity index (χ0) is 11.8. The molecule has 2 rings (SSSR count). The Balaban J connectivity index is 2.36. The smallest absolute Gasteiger partial charge is 0.284 e. The van der Waals surface area contributed by atoms with Gasteiger partial charge >= 0.3 is 0 Å². The fraction of sp³-hybridized carbons (Fsp3) is 0.200. The number of aromatic nitrogens is 5. The van der Waals surface area contributed by atoms with Crippen LogP contribution in [0.15, 0.2) is 11.4 Å².